The highest BCUT2D eigenvalue weighted by Crippen LogP contribution is 2.25. The lowest BCUT2D eigenvalue weighted by Crippen LogP contribution is -2.03. The van der Waals surface area contributed by atoms with Crippen molar-refractivity contribution in [2.24, 2.45) is 0 Å². The first-order valence-corrected chi connectivity index (χ1v) is 4.42. The fourth-order valence-electron chi connectivity index (χ4n) is 1.16. The Hall–Kier alpha value is -1.35. The summed E-state index contributed by atoms with van der Waals surface area (Å²) in [5, 5.41) is 0.180. The topological polar surface area (TPSA) is 60.2 Å². The second-order valence-corrected chi connectivity index (χ2v) is 3.42. The number of ketones is 2. The standard InChI is InChI=1S/C10H10ClNO2/c1-5(13)8-3-7(12)4-9(6(2)14)10(8)11/h3-4H,12H2,1-2H3. The maximum Gasteiger partial charge on any atom is 0.161 e. The zero-order valence-electron chi connectivity index (χ0n) is 7.93. The first-order chi connectivity index (χ1) is 6.43. The number of nitrogens with two attached hydrogens (primary N) is 1. The third-order valence-corrected chi connectivity index (χ3v) is 2.26. The summed E-state index contributed by atoms with van der Waals surface area (Å²) in [4.78, 5) is 22.3. The van der Waals surface area contributed by atoms with Crippen LogP contribution in [0.3, 0.4) is 0 Å². The predicted molar refractivity (Wildman–Crippen MR) is 55.9 cm³/mol. The van der Waals surface area contributed by atoms with E-state index < -0.39 is 0 Å². The fraction of sp³-hybridized carbons (Fsp3) is 0.200. The van der Waals surface area contributed by atoms with E-state index in [1.54, 1.807) is 0 Å². The Morgan fingerprint density at radius 1 is 1.14 bits per heavy atom. The van der Waals surface area contributed by atoms with Crippen LogP contribution < -0.4 is 5.73 Å². The molecule has 0 aliphatic carbocycles. The zero-order chi connectivity index (χ0) is 10.9. The summed E-state index contributed by atoms with van der Waals surface area (Å²) < 4.78 is 0. The van der Waals surface area contributed by atoms with E-state index in [1.807, 2.05) is 0 Å². The molecule has 3 nitrogen and oxygen atoms in total. The molecule has 0 saturated carbocycles. The second kappa shape index (κ2) is 3.80. The van der Waals surface area contributed by atoms with E-state index in [1.165, 1.54) is 26.0 Å². The molecule has 1 aromatic carbocycles. The van der Waals surface area contributed by atoms with Gasteiger partial charge in [0.15, 0.2) is 11.6 Å². The summed E-state index contributed by atoms with van der Waals surface area (Å²) in [7, 11) is 0. The Balaban J connectivity index is 3.47. The summed E-state index contributed by atoms with van der Waals surface area (Å²) in [6.45, 7) is 2.76. The summed E-state index contributed by atoms with van der Waals surface area (Å²) in [5.74, 6) is -0.408. The minimum Gasteiger partial charge on any atom is -0.399 e. The molecule has 2 N–H and O–H groups in total. The summed E-state index contributed by atoms with van der Waals surface area (Å²) in [6.07, 6.45) is 0. The lowest BCUT2D eigenvalue weighted by Gasteiger charge is -2.06. The lowest BCUT2D eigenvalue weighted by atomic mass is 10.0. The maximum atomic E-state index is 11.1. The fourth-order valence-corrected chi connectivity index (χ4v) is 1.53. The molecule has 0 heterocycles. The van der Waals surface area contributed by atoms with Crippen LogP contribution in [0.2, 0.25) is 5.02 Å². The third-order valence-electron chi connectivity index (χ3n) is 1.85. The number of hydrogen-bond donors (Lipinski definition) is 1. The van der Waals surface area contributed by atoms with Crippen molar-refractivity contribution in [2.45, 2.75) is 13.8 Å². The molecule has 14 heavy (non-hydrogen) atoms. The van der Waals surface area contributed by atoms with E-state index in [9.17, 15) is 9.59 Å². The maximum absolute atomic E-state index is 11.1. The number of nitrogen functional groups attached to an aromatic ring is 1. The van der Waals surface area contributed by atoms with E-state index in [0.29, 0.717) is 5.69 Å². The van der Waals surface area contributed by atoms with Crippen molar-refractivity contribution in [1.82, 2.24) is 0 Å². The lowest BCUT2D eigenvalue weighted by molar-refractivity contribution is 0.101. The first kappa shape index (κ1) is 10.7. The van der Waals surface area contributed by atoms with Crippen LogP contribution in [0, 0.1) is 0 Å². The molecule has 0 fully saturated rings. The van der Waals surface area contributed by atoms with Gasteiger partial charge in [-0.3, -0.25) is 9.59 Å². The van der Waals surface area contributed by atoms with Gasteiger partial charge in [0.2, 0.25) is 0 Å². The minimum absolute atomic E-state index is 0.180. The number of carbonyl (C=O) groups excluding carboxylic acids is 2. The van der Waals surface area contributed by atoms with E-state index in [4.69, 9.17) is 17.3 Å². The molecule has 0 radical (unpaired) electrons. The number of Topliss-reactive ketones (excluding diaryl/α,β-unsaturated/α-hetero) is 2. The molecule has 0 aliphatic rings. The van der Waals surface area contributed by atoms with Crippen LogP contribution in [0.1, 0.15) is 34.6 Å². The molecule has 4 heteroatoms. The zero-order valence-corrected chi connectivity index (χ0v) is 8.68. The second-order valence-electron chi connectivity index (χ2n) is 3.04. The van der Waals surface area contributed by atoms with E-state index in [0.717, 1.165) is 0 Å². The van der Waals surface area contributed by atoms with Crippen LogP contribution in [0.25, 0.3) is 0 Å². The largest absolute Gasteiger partial charge is 0.399 e. The number of halogens is 1. The van der Waals surface area contributed by atoms with Gasteiger partial charge in [-0.2, -0.15) is 0 Å². The van der Waals surface area contributed by atoms with Gasteiger partial charge in [-0.05, 0) is 26.0 Å². The number of rotatable bonds is 2. The molecule has 0 aromatic heterocycles. The van der Waals surface area contributed by atoms with E-state index in [2.05, 4.69) is 0 Å². The molecular weight excluding hydrogens is 202 g/mol. The number of hydrogen-bond acceptors (Lipinski definition) is 3. The molecule has 0 saturated heterocycles. The van der Waals surface area contributed by atoms with Crippen molar-refractivity contribution in [3.63, 3.8) is 0 Å². The van der Waals surface area contributed by atoms with Gasteiger partial charge >= 0.3 is 0 Å². The Kier molecular flexibility index (Phi) is 2.91. The Morgan fingerprint density at radius 2 is 1.50 bits per heavy atom. The average Bonchev–Trinajstić information content (AvgIpc) is 2.07. The predicted octanol–water partition coefficient (Wildman–Crippen LogP) is 2.33. The average molecular weight is 212 g/mol. The van der Waals surface area contributed by atoms with Gasteiger partial charge in [-0.25, -0.2) is 0 Å². The summed E-state index contributed by atoms with van der Waals surface area (Å²) in [5.41, 5.74) is 6.48. The molecule has 0 spiro atoms. The van der Waals surface area contributed by atoms with Gasteiger partial charge in [-0.1, -0.05) is 11.6 Å². The summed E-state index contributed by atoms with van der Waals surface area (Å²) >= 11 is 5.87. The Bertz CT molecular complexity index is 378. The van der Waals surface area contributed by atoms with Gasteiger partial charge in [0.05, 0.1) is 5.02 Å². The van der Waals surface area contributed by atoms with E-state index in [-0.39, 0.29) is 27.7 Å². The van der Waals surface area contributed by atoms with Crippen molar-refractivity contribution in [3.05, 3.63) is 28.3 Å². The van der Waals surface area contributed by atoms with Gasteiger partial charge < -0.3 is 5.73 Å². The van der Waals surface area contributed by atoms with Gasteiger partial charge in [0.25, 0.3) is 0 Å². The quantitative estimate of drug-likeness (QED) is 0.603. The van der Waals surface area contributed by atoms with Crippen LogP contribution in [0.15, 0.2) is 12.1 Å². The SMILES string of the molecule is CC(=O)c1cc(N)cc(C(C)=O)c1Cl. The minimum atomic E-state index is -0.204. The van der Waals surface area contributed by atoms with Crippen molar-refractivity contribution < 1.29 is 9.59 Å². The van der Waals surface area contributed by atoms with Crippen molar-refractivity contribution in [2.75, 3.05) is 5.73 Å². The van der Waals surface area contributed by atoms with E-state index >= 15 is 0 Å². The van der Waals surface area contributed by atoms with Crippen molar-refractivity contribution >= 4 is 28.9 Å². The van der Waals surface area contributed by atoms with Gasteiger partial charge in [0.1, 0.15) is 0 Å². The van der Waals surface area contributed by atoms with Crippen LogP contribution in [-0.2, 0) is 0 Å². The smallest absolute Gasteiger partial charge is 0.161 e. The molecule has 1 aromatic rings. The molecule has 0 aliphatic heterocycles. The molecule has 1 rings (SSSR count). The highest BCUT2D eigenvalue weighted by molar-refractivity contribution is 6.37. The normalized spacial score (nSPS) is 9.93. The molecular formula is C10H10ClNO2. The van der Waals surface area contributed by atoms with Gasteiger partial charge in [-0.15, -0.1) is 0 Å². The van der Waals surface area contributed by atoms with Gasteiger partial charge in [0, 0.05) is 16.8 Å². The van der Waals surface area contributed by atoms with Crippen LogP contribution in [-0.4, -0.2) is 11.6 Å². The Morgan fingerprint density at radius 3 is 1.79 bits per heavy atom. The molecule has 0 unspecified atom stereocenters. The molecule has 0 atom stereocenters. The summed E-state index contributed by atoms with van der Waals surface area (Å²) in [6, 6.07) is 2.94. The third kappa shape index (κ3) is 1.93. The highest BCUT2D eigenvalue weighted by atomic mass is 35.5. The molecule has 74 valence electrons. The van der Waals surface area contributed by atoms with Crippen LogP contribution in [0.5, 0.6) is 0 Å². The monoisotopic (exact) mass is 211 g/mol. The molecule has 0 amide bonds. The van der Waals surface area contributed by atoms with Crippen molar-refractivity contribution in [1.29, 1.82) is 0 Å². The first-order valence-electron chi connectivity index (χ1n) is 4.04. The highest BCUT2D eigenvalue weighted by Gasteiger charge is 2.14. The Labute approximate surface area is 86.9 Å². The molecule has 0 bridgehead atoms. The number of benzene rings is 1. The van der Waals surface area contributed by atoms with Crippen LogP contribution in [0.4, 0.5) is 5.69 Å². The van der Waals surface area contributed by atoms with Crippen LogP contribution >= 0.6 is 11.6 Å². The number of anilines is 1. The van der Waals surface area contributed by atoms with Crippen molar-refractivity contribution in [3.8, 4) is 0 Å². The number of carbonyl (C=O) groups is 2.